The summed E-state index contributed by atoms with van der Waals surface area (Å²) in [5.41, 5.74) is 2.52. The fourth-order valence-electron chi connectivity index (χ4n) is 2.24. The van der Waals surface area contributed by atoms with Crippen molar-refractivity contribution in [2.75, 3.05) is 7.05 Å². The second kappa shape index (κ2) is 5.93. The first kappa shape index (κ1) is 13.7. The average Bonchev–Trinajstić information content (AvgIpc) is 2.77. The second-order valence-corrected chi connectivity index (χ2v) is 4.51. The minimum Gasteiger partial charge on any atom is -0.311 e. The van der Waals surface area contributed by atoms with Gasteiger partial charge in [-0.1, -0.05) is 0 Å². The monoisotopic (exact) mass is 262 g/mol. The molecular formula is C14H19FN4. The Kier molecular flexibility index (Phi) is 4.27. The standard InChI is InChI=1S/C14H19FN4/c1-4-19-11(8-10(2)18-19)9-13(16-3)14-12(15)6-5-7-17-14/h5-8,13,16H,4,9H2,1-3H3. The Bertz CT molecular complexity index is 550. The van der Waals surface area contributed by atoms with Crippen LogP contribution < -0.4 is 5.32 Å². The third kappa shape index (κ3) is 2.98. The van der Waals surface area contributed by atoms with E-state index < -0.39 is 0 Å². The van der Waals surface area contributed by atoms with Crippen molar-refractivity contribution in [3.05, 3.63) is 47.3 Å². The Morgan fingerprint density at radius 1 is 1.47 bits per heavy atom. The van der Waals surface area contributed by atoms with Crippen molar-refractivity contribution >= 4 is 0 Å². The largest absolute Gasteiger partial charge is 0.311 e. The Labute approximate surface area is 112 Å². The van der Waals surface area contributed by atoms with E-state index in [9.17, 15) is 4.39 Å². The molecule has 0 saturated heterocycles. The highest BCUT2D eigenvalue weighted by molar-refractivity contribution is 5.17. The number of likely N-dealkylation sites (N-methyl/N-ethyl adjacent to an activating group) is 1. The van der Waals surface area contributed by atoms with Gasteiger partial charge in [0.05, 0.1) is 17.4 Å². The van der Waals surface area contributed by atoms with Gasteiger partial charge in [-0.2, -0.15) is 5.10 Å². The van der Waals surface area contributed by atoms with Crippen LogP contribution in [0.4, 0.5) is 4.39 Å². The third-order valence-electron chi connectivity index (χ3n) is 3.16. The van der Waals surface area contributed by atoms with Gasteiger partial charge in [0, 0.05) is 24.9 Å². The van der Waals surface area contributed by atoms with Crippen LogP contribution in [0.25, 0.3) is 0 Å². The van der Waals surface area contributed by atoms with Gasteiger partial charge in [-0.3, -0.25) is 9.67 Å². The van der Waals surface area contributed by atoms with Crippen molar-refractivity contribution in [3.8, 4) is 0 Å². The lowest BCUT2D eigenvalue weighted by Gasteiger charge is -2.16. The average molecular weight is 262 g/mol. The molecule has 2 heterocycles. The highest BCUT2D eigenvalue weighted by Crippen LogP contribution is 2.19. The predicted octanol–water partition coefficient (Wildman–Crippen LogP) is 2.25. The number of pyridine rings is 1. The van der Waals surface area contributed by atoms with Crippen molar-refractivity contribution in [3.63, 3.8) is 0 Å². The van der Waals surface area contributed by atoms with Gasteiger partial charge in [0.25, 0.3) is 0 Å². The molecule has 0 radical (unpaired) electrons. The number of hydrogen-bond acceptors (Lipinski definition) is 3. The molecule has 0 spiro atoms. The van der Waals surface area contributed by atoms with E-state index in [0.717, 1.165) is 17.9 Å². The number of aryl methyl sites for hydroxylation is 2. The highest BCUT2D eigenvalue weighted by atomic mass is 19.1. The summed E-state index contributed by atoms with van der Waals surface area (Å²) < 4.78 is 15.7. The third-order valence-corrected chi connectivity index (χ3v) is 3.16. The summed E-state index contributed by atoms with van der Waals surface area (Å²) in [6, 6.07) is 4.93. The van der Waals surface area contributed by atoms with Crippen LogP contribution in [0.15, 0.2) is 24.4 Å². The summed E-state index contributed by atoms with van der Waals surface area (Å²) in [7, 11) is 1.82. The Morgan fingerprint density at radius 2 is 2.26 bits per heavy atom. The Hall–Kier alpha value is -1.75. The maximum absolute atomic E-state index is 13.8. The molecule has 2 rings (SSSR count). The summed E-state index contributed by atoms with van der Waals surface area (Å²) >= 11 is 0. The number of halogens is 1. The van der Waals surface area contributed by atoms with E-state index in [-0.39, 0.29) is 11.9 Å². The lowest BCUT2D eigenvalue weighted by molar-refractivity contribution is 0.496. The first-order chi connectivity index (χ1) is 9.15. The molecule has 0 aliphatic carbocycles. The molecule has 5 heteroatoms. The van der Waals surface area contributed by atoms with Gasteiger partial charge in [0.1, 0.15) is 5.82 Å². The van der Waals surface area contributed by atoms with Crippen LogP contribution in [0.2, 0.25) is 0 Å². The Balaban J connectivity index is 2.26. The maximum atomic E-state index is 13.8. The number of rotatable bonds is 5. The summed E-state index contributed by atoms with van der Waals surface area (Å²) in [5.74, 6) is -0.277. The van der Waals surface area contributed by atoms with Crippen molar-refractivity contribution in [2.45, 2.75) is 32.9 Å². The summed E-state index contributed by atoms with van der Waals surface area (Å²) in [4.78, 5) is 4.14. The first-order valence-corrected chi connectivity index (χ1v) is 6.46. The van der Waals surface area contributed by atoms with Crippen LogP contribution in [0, 0.1) is 12.7 Å². The fraction of sp³-hybridized carbons (Fsp3) is 0.429. The van der Waals surface area contributed by atoms with E-state index in [0.29, 0.717) is 12.1 Å². The SMILES string of the molecule is CCn1nc(C)cc1CC(NC)c1ncccc1F. The fourth-order valence-corrected chi connectivity index (χ4v) is 2.24. The van der Waals surface area contributed by atoms with Crippen molar-refractivity contribution in [2.24, 2.45) is 0 Å². The normalized spacial score (nSPS) is 12.6. The van der Waals surface area contributed by atoms with E-state index in [2.05, 4.69) is 15.4 Å². The topological polar surface area (TPSA) is 42.7 Å². The molecule has 2 aromatic heterocycles. The summed E-state index contributed by atoms with van der Waals surface area (Å²) in [6.07, 6.45) is 2.28. The lowest BCUT2D eigenvalue weighted by atomic mass is 10.1. The molecule has 0 aliphatic heterocycles. The molecule has 0 saturated carbocycles. The number of hydrogen-bond donors (Lipinski definition) is 1. The minimum atomic E-state index is -0.277. The molecule has 19 heavy (non-hydrogen) atoms. The number of aromatic nitrogens is 3. The molecule has 1 atom stereocenters. The van der Waals surface area contributed by atoms with Crippen molar-refractivity contribution in [1.29, 1.82) is 0 Å². The van der Waals surface area contributed by atoms with Crippen LogP contribution in [0.5, 0.6) is 0 Å². The van der Waals surface area contributed by atoms with Crippen molar-refractivity contribution in [1.82, 2.24) is 20.1 Å². The molecule has 2 aromatic rings. The quantitative estimate of drug-likeness (QED) is 0.898. The molecular weight excluding hydrogens is 243 g/mol. The molecule has 0 aromatic carbocycles. The molecule has 0 amide bonds. The van der Waals surface area contributed by atoms with Gasteiger partial charge in [0.2, 0.25) is 0 Å². The number of nitrogens with one attached hydrogen (secondary N) is 1. The number of nitrogens with zero attached hydrogens (tertiary/aromatic N) is 3. The molecule has 0 fully saturated rings. The van der Waals surface area contributed by atoms with Gasteiger partial charge in [-0.25, -0.2) is 4.39 Å². The van der Waals surface area contributed by atoms with Gasteiger partial charge in [0.15, 0.2) is 0 Å². The maximum Gasteiger partial charge on any atom is 0.146 e. The zero-order valence-corrected chi connectivity index (χ0v) is 11.5. The lowest BCUT2D eigenvalue weighted by Crippen LogP contribution is -2.22. The molecule has 0 aliphatic rings. The summed E-state index contributed by atoms with van der Waals surface area (Å²) in [6.45, 7) is 4.82. The summed E-state index contributed by atoms with van der Waals surface area (Å²) in [5, 5.41) is 7.53. The second-order valence-electron chi connectivity index (χ2n) is 4.51. The van der Waals surface area contributed by atoms with E-state index in [4.69, 9.17) is 0 Å². The predicted molar refractivity (Wildman–Crippen MR) is 72.3 cm³/mol. The van der Waals surface area contributed by atoms with Crippen molar-refractivity contribution < 1.29 is 4.39 Å². The zero-order valence-electron chi connectivity index (χ0n) is 11.5. The van der Waals surface area contributed by atoms with E-state index in [1.807, 2.05) is 31.6 Å². The van der Waals surface area contributed by atoms with Crippen LogP contribution >= 0.6 is 0 Å². The van der Waals surface area contributed by atoms with Gasteiger partial charge >= 0.3 is 0 Å². The van der Waals surface area contributed by atoms with Crippen LogP contribution in [-0.4, -0.2) is 21.8 Å². The van der Waals surface area contributed by atoms with E-state index in [1.165, 1.54) is 6.07 Å². The molecule has 0 bridgehead atoms. The molecule has 4 nitrogen and oxygen atoms in total. The molecule has 102 valence electrons. The first-order valence-electron chi connectivity index (χ1n) is 6.46. The van der Waals surface area contributed by atoms with Crippen LogP contribution in [-0.2, 0) is 13.0 Å². The minimum absolute atomic E-state index is 0.150. The van der Waals surface area contributed by atoms with Crippen LogP contribution in [0.3, 0.4) is 0 Å². The van der Waals surface area contributed by atoms with E-state index in [1.54, 1.807) is 12.3 Å². The zero-order chi connectivity index (χ0) is 13.8. The smallest absolute Gasteiger partial charge is 0.146 e. The molecule has 1 unspecified atom stereocenters. The van der Waals surface area contributed by atoms with E-state index >= 15 is 0 Å². The van der Waals surface area contributed by atoms with Gasteiger partial charge < -0.3 is 5.32 Å². The van der Waals surface area contributed by atoms with Gasteiger partial charge in [-0.15, -0.1) is 0 Å². The van der Waals surface area contributed by atoms with Gasteiger partial charge in [-0.05, 0) is 39.1 Å². The highest BCUT2D eigenvalue weighted by Gasteiger charge is 2.18. The molecule has 1 N–H and O–H groups in total. The Morgan fingerprint density at radius 3 is 2.89 bits per heavy atom. The van der Waals surface area contributed by atoms with Crippen LogP contribution in [0.1, 0.15) is 30.0 Å².